The van der Waals surface area contributed by atoms with E-state index in [0.717, 1.165) is 24.2 Å². The first kappa shape index (κ1) is 19.5. The lowest BCUT2D eigenvalue weighted by atomic mass is 9.88. The fourth-order valence-electron chi connectivity index (χ4n) is 3.70. The average Bonchev–Trinajstić information content (AvgIpc) is 2.63. The zero-order valence-corrected chi connectivity index (χ0v) is 17.5. The molecule has 0 aliphatic carbocycles. The summed E-state index contributed by atoms with van der Waals surface area (Å²) in [6.45, 7) is 10.0. The van der Waals surface area contributed by atoms with Gasteiger partial charge in [-0.05, 0) is 68.7 Å². The van der Waals surface area contributed by atoms with E-state index in [4.69, 9.17) is 16.3 Å². The van der Waals surface area contributed by atoms with Gasteiger partial charge in [0.25, 0.3) is 0 Å². The van der Waals surface area contributed by atoms with Crippen LogP contribution in [-0.2, 0) is 0 Å². The molecule has 2 aromatic rings. The molecule has 0 saturated carbocycles. The van der Waals surface area contributed by atoms with Crippen molar-refractivity contribution in [1.82, 2.24) is 0 Å². The molecule has 0 saturated heterocycles. The zero-order chi connectivity index (χ0) is 19.6. The summed E-state index contributed by atoms with van der Waals surface area (Å²) in [5, 5.41) is 0.564. The summed E-state index contributed by atoms with van der Waals surface area (Å²) in [7, 11) is 1.61. The number of ether oxygens (including phenoxy) is 1. The van der Waals surface area contributed by atoms with E-state index in [9.17, 15) is 0 Å². The smallest absolute Gasteiger partial charge is 0.137 e. The number of anilines is 1. The molecule has 0 atom stereocenters. The minimum atomic E-state index is 0.0303. The summed E-state index contributed by atoms with van der Waals surface area (Å²) in [4.78, 5) is 7.06. The van der Waals surface area contributed by atoms with E-state index in [-0.39, 0.29) is 5.54 Å². The summed E-state index contributed by atoms with van der Waals surface area (Å²) >= 11 is 6.19. The molecule has 3 nitrogen and oxygen atoms in total. The largest absolute Gasteiger partial charge is 0.495 e. The molecule has 0 N–H and O–H groups in total. The van der Waals surface area contributed by atoms with Gasteiger partial charge >= 0.3 is 0 Å². The van der Waals surface area contributed by atoms with Crippen molar-refractivity contribution in [3.63, 3.8) is 0 Å². The third-order valence-electron chi connectivity index (χ3n) is 4.95. The van der Waals surface area contributed by atoms with E-state index >= 15 is 0 Å². The standard InChI is InChI=1S/C23H27ClN2O/c1-6-11-26-21-9-7-17(12-19(21)16(2)14-23(26,3)4)15-25-18-8-10-22(27-5)20(24)13-18/h7-10,12-15H,6,11H2,1-5H3. The number of methoxy groups -OCH3 is 1. The molecule has 0 amide bonds. The lowest BCUT2D eigenvalue weighted by Gasteiger charge is -2.43. The number of benzene rings is 2. The number of hydrogen-bond acceptors (Lipinski definition) is 3. The van der Waals surface area contributed by atoms with Crippen molar-refractivity contribution in [3.05, 3.63) is 58.6 Å². The van der Waals surface area contributed by atoms with Crippen LogP contribution in [0.15, 0.2) is 47.5 Å². The molecule has 1 heterocycles. The van der Waals surface area contributed by atoms with Gasteiger partial charge in [-0.15, -0.1) is 0 Å². The van der Waals surface area contributed by atoms with Crippen molar-refractivity contribution in [1.29, 1.82) is 0 Å². The highest BCUT2D eigenvalue weighted by molar-refractivity contribution is 6.32. The zero-order valence-electron chi connectivity index (χ0n) is 16.7. The van der Waals surface area contributed by atoms with Crippen LogP contribution in [0.25, 0.3) is 5.57 Å². The molecule has 0 radical (unpaired) electrons. The van der Waals surface area contributed by atoms with E-state index < -0.39 is 0 Å². The topological polar surface area (TPSA) is 24.8 Å². The Morgan fingerprint density at radius 3 is 2.63 bits per heavy atom. The molecule has 4 heteroatoms. The Hall–Kier alpha value is -2.26. The maximum atomic E-state index is 6.19. The molecule has 0 fully saturated rings. The second-order valence-corrected chi connectivity index (χ2v) is 7.89. The van der Waals surface area contributed by atoms with Crippen LogP contribution >= 0.6 is 11.6 Å². The molecule has 0 aromatic heterocycles. The molecule has 0 bridgehead atoms. The Balaban J connectivity index is 1.92. The lowest BCUT2D eigenvalue weighted by Crippen LogP contribution is -2.45. The Morgan fingerprint density at radius 1 is 1.19 bits per heavy atom. The molecule has 0 spiro atoms. The highest BCUT2D eigenvalue weighted by Gasteiger charge is 2.30. The summed E-state index contributed by atoms with van der Waals surface area (Å²) < 4.78 is 5.19. The number of hydrogen-bond donors (Lipinski definition) is 0. The van der Waals surface area contributed by atoms with Crippen molar-refractivity contribution >= 4 is 34.8 Å². The Labute approximate surface area is 167 Å². The van der Waals surface area contributed by atoms with Crippen LogP contribution in [0.1, 0.15) is 45.2 Å². The lowest BCUT2D eigenvalue weighted by molar-refractivity contribution is 0.415. The maximum Gasteiger partial charge on any atom is 0.137 e. The fourth-order valence-corrected chi connectivity index (χ4v) is 3.95. The van der Waals surface area contributed by atoms with E-state index in [1.54, 1.807) is 7.11 Å². The highest BCUT2D eigenvalue weighted by atomic mass is 35.5. The van der Waals surface area contributed by atoms with E-state index in [2.05, 4.69) is 61.9 Å². The first-order chi connectivity index (χ1) is 12.9. The third-order valence-corrected chi connectivity index (χ3v) is 5.24. The Kier molecular flexibility index (Phi) is 5.61. The van der Waals surface area contributed by atoms with Crippen LogP contribution in [0.5, 0.6) is 5.75 Å². The monoisotopic (exact) mass is 382 g/mol. The number of fused-ring (bicyclic) bond motifs is 1. The van der Waals surface area contributed by atoms with Gasteiger partial charge in [0, 0.05) is 24.0 Å². The summed E-state index contributed by atoms with van der Waals surface area (Å²) in [6, 6.07) is 12.1. The number of allylic oxidation sites excluding steroid dienone is 1. The fraction of sp³-hybridized carbons (Fsp3) is 0.348. The summed E-state index contributed by atoms with van der Waals surface area (Å²) in [5.41, 5.74) is 5.79. The molecule has 1 aliphatic heterocycles. The van der Waals surface area contributed by atoms with Crippen LogP contribution in [0.4, 0.5) is 11.4 Å². The average molecular weight is 383 g/mol. The van der Waals surface area contributed by atoms with Crippen molar-refractivity contribution in [2.75, 3.05) is 18.6 Å². The second kappa shape index (κ2) is 7.77. The van der Waals surface area contributed by atoms with Gasteiger partial charge in [-0.25, -0.2) is 0 Å². The SMILES string of the molecule is CCCN1c2ccc(C=Nc3ccc(OC)c(Cl)c3)cc2C(C)=CC1(C)C. The minimum Gasteiger partial charge on any atom is -0.495 e. The van der Waals surface area contributed by atoms with Crippen LogP contribution in [0, 0.1) is 0 Å². The van der Waals surface area contributed by atoms with Crippen LogP contribution in [0.3, 0.4) is 0 Å². The molecule has 142 valence electrons. The minimum absolute atomic E-state index is 0.0303. The molecule has 1 aliphatic rings. The van der Waals surface area contributed by atoms with Crippen molar-refractivity contribution in [2.24, 2.45) is 4.99 Å². The Bertz CT molecular complexity index is 899. The third kappa shape index (κ3) is 4.03. The van der Waals surface area contributed by atoms with E-state index in [1.807, 2.05) is 24.4 Å². The van der Waals surface area contributed by atoms with Gasteiger partial charge in [0.2, 0.25) is 0 Å². The van der Waals surface area contributed by atoms with E-state index in [0.29, 0.717) is 10.8 Å². The van der Waals surface area contributed by atoms with Gasteiger partial charge < -0.3 is 9.64 Å². The van der Waals surface area contributed by atoms with Crippen molar-refractivity contribution < 1.29 is 4.74 Å². The molecule has 3 rings (SSSR count). The quantitative estimate of drug-likeness (QED) is 0.550. The van der Waals surface area contributed by atoms with Gasteiger partial charge in [-0.3, -0.25) is 4.99 Å². The van der Waals surface area contributed by atoms with Gasteiger partial charge in [-0.1, -0.05) is 30.7 Å². The maximum absolute atomic E-state index is 6.19. The normalized spacial score (nSPS) is 15.6. The predicted octanol–water partition coefficient (Wildman–Crippen LogP) is 6.51. The molecule has 27 heavy (non-hydrogen) atoms. The molecule has 2 aromatic carbocycles. The number of rotatable bonds is 5. The summed E-state index contributed by atoms with van der Waals surface area (Å²) in [5.74, 6) is 0.656. The predicted molar refractivity (Wildman–Crippen MR) is 117 cm³/mol. The van der Waals surface area contributed by atoms with E-state index in [1.165, 1.54) is 16.8 Å². The van der Waals surface area contributed by atoms with Gasteiger partial charge in [-0.2, -0.15) is 0 Å². The van der Waals surface area contributed by atoms with Crippen LogP contribution < -0.4 is 9.64 Å². The van der Waals surface area contributed by atoms with Gasteiger partial charge in [0.15, 0.2) is 0 Å². The summed E-state index contributed by atoms with van der Waals surface area (Å²) in [6.07, 6.45) is 5.36. The number of aliphatic imine (C=N–C) groups is 1. The number of nitrogens with zero attached hydrogens (tertiary/aromatic N) is 2. The van der Waals surface area contributed by atoms with Crippen molar-refractivity contribution in [2.45, 2.75) is 39.7 Å². The van der Waals surface area contributed by atoms with Crippen LogP contribution in [0.2, 0.25) is 5.02 Å². The molecule has 0 unspecified atom stereocenters. The van der Waals surface area contributed by atoms with Crippen molar-refractivity contribution in [3.8, 4) is 5.75 Å². The first-order valence-corrected chi connectivity index (χ1v) is 9.72. The van der Waals surface area contributed by atoms with Gasteiger partial charge in [0.05, 0.1) is 23.4 Å². The highest BCUT2D eigenvalue weighted by Crippen LogP contribution is 2.39. The first-order valence-electron chi connectivity index (χ1n) is 9.35. The van der Waals surface area contributed by atoms with Crippen LogP contribution in [-0.4, -0.2) is 25.4 Å². The Morgan fingerprint density at radius 2 is 1.96 bits per heavy atom. The molecular formula is C23H27ClN2O. The number of halogens is 1. The second-order valence-electron chi connectivity index (χ2n) is 7.49. The van der Waals surface area contributed by atoms with Gasteiger partial charge in [0.1, 0.15) is 5.75 Å². The molecular weight excluding hydrogens is 356 g/mol.